The van der Waals surface area contributed by atoms with Crippen LogP contribution in [0.2, 0.25) is 0 Å². The zero-order valence-electron chi connectivity index (χ0n) is 21.2. The molecule has 2 amide bonds. The molecule has 0 aliphatic carbocycles. The van der Waals surface area contributed by atoms with E-state index >= 15 is 4.39 Å². The van der Waals surface area contributed by atoms with E-state index in [2.05, 4.69) is 34.7 Å². The second-order valence-corrected chi connectivity index (χ2v) is 11.2. The topological polar surface area (TPSA) is 58.6 Å². The molecule has 0 saturated carbocycles. The average molecular weight is 535 g/mol. The first kappa shape index (κ1) is 26.5. The molecule has 1 spiro atoms. The molecule has 1 aromatic rings. The first-order valence-corrected chi connectivity index (χ1v) is 12.9. The summed E-state index contributed by atoms with van der Waals surface area (Å²) in [7, 11) is 0. The van der Waals surface area contributed by atoms with Gasteiger partial charge >= 0.3 is 6.09 Å². The van der Waals surface area contributed by atoms with Gasteiger partial charge in [-0.05, 0) is 85.2 Å². The van der Waals surface area contributed by atoms with Crippen molar-refractivity contribution in [1.82, 2.24) is 10.2 Å². The number of carbonyl (C=O) groups is 2. The highest BCUT2D eigenvalue weighted by Gasteiger charge is 2.55. The molecule has 186 valence electrons. The number of benzene rings is 1. The lowest BCUT2D eigenvalue weighted by molar-refractivity contribution is -0.125. The number of nitrogens with one attached hydrogen (secondary N) is 1. The normalized spacial score (nSPS) is 20.4. The minimum Gasteiger partial charge on any atom is -0.444 e. The van der Waals surface area contributed by atoms with Crippen LogP contribution in [0.1, 0.15) is 77.0 Å². The van der Waals surface area contributed by atoms with Crippen molar-refractivity contribution in [2.24, 2.45) is 5.41 Å². The molecule has 2 aliphatic rings. The van der Waals surface area contributed by atoms with Crippen molar-refractivity contribution in [3.63, 3.8) is 0 Å². The Bertz CT molecular complexity index is 1060. The van der Waals surface area contributed by atoms with E-state index in [-0.39, 0.29) is 18.3 Å². The Hall–Kier alpha value is -2.15. The number of rotatable bonds is 6. The lowest BCUT2D eigenvalue weighted by Gasteiger charge is -2.29. The maximum absolute atomic E-state index is 15.5. The first-order chi connectivity index (χ1) is 15.9. The van der Waals surface area contributed by atoms with E-state index in [9.17, 15) is 9.59 Å². The Labute approximate surface area is 210 Å². The minimum absolute atomic E-state index is 0.163. The average Bonchev–Trinajstić information content (AvgIpc) is 3.31. The van der Waals surface area contributed by atoms with E-state index in [0.29, 0.717) is 41.5 Å². The number of amides is 2. The van der Waals surface area contributed by atoms with E-state index < -0.39 is 17.1 Å². The molecular weight excluding hydrogens is 499 g/mol. The second-order valence-electron chi connectivity index (χ2n) is 10.4. The summed E-state index contributed by atoms with van der Waals surface area (Å²) in [4.78, 5) is 28.0. The van der Waals surface area contributed by atoms with Crippen LogP contribution in [0.3, 0.4) is 0 Å². The van der Waals surface area contributed by atoms with E-state index in [1.807, 2.05) is 40.7 Å². The summed E-state index contributed by atoms with van der Waals surface area (Å²) < 4.78 is 21.6. The van der Waals surface area contributed by atoms with Gasteiger partial charge in [0.05, 0.1) is 9.89 Å². The fourth-order valence-electron chi connectivity index (χ4n) is 4.92. The fraction of sp³-hybridized carbons (Fsp3) is 0.556. The molecule has 2 heterocycles. The van der Waals surface area contributed by atoms with Gasteiger partial charge in [0.2, 0.25) is 5.91 Å². The highest BCUT2D eigenvalue weighted by atomic mass is 79.9. The third-order valence-corrected chi connectivity index (χ3v) is 7.46. The van der Waals surface area contributed by atoms with Crippen LogP contribution in [0, 0.1) is 18.2 Å². The number of likely N-dealkylation sites (tertiary alicyclic amines) is 1. The Morgan fingerprint density at radius 3 is 2.59 bits per heavy atom. The van der Waals surface area contributed by atoms with Crippen LogP contribution in [0.5, 0.6) is 0 Å². The SMILES string of the molecule is C=C(CCC)C1=C(c2cc(C)c(Br)c(F)c2CCC)C2(CCN(C(=O)OC(C)(C)C)C2)C(=O)N1. The van der Waals surface area contributed by atoms with Gasteiger partial charge in [0.1, 0.15) is 11.4 Å². The van der Waals surface area contributed by atoms with Crippen LogP contribution in [0.25, 0.3) is 5.57 Å². The summed E-state index contributed by atoms with van der Waals surface area (Å²) in [5.74, 6) is -0.453. The minimum atomic E-state index is -0.974. The Morgan fingerprint density at radius 2 is 2.00 bits per heavy atom. The smallest absolute Gasteiger partial charge is 0.410 e. The quantitative estimate of drug-likeness (QED) is 0.443. The highest BCUT2D eigenvalue weighted by molar-refractivity contribution is 9.10. The number of ether oxygens (including phenoxy) is 1. The molecule has 0 aromatic heterocycles. The standard InChI is InChI=1S/C27H36BrFN2O3/c1-8-10-16(3)23-20(19-14-17(4)21(28)22(29)18(19)11-9-2)27(24(32)30-23)12-13-31(15-27)25(33)34-26(5,6)7/h14H,3,8-13,15H2,1-2,4-7H3,(H,30,32). The van der Waals surface area contributed by atoms with Crippen LogP contribution in [0.15, 0.2) is 28.4 Å². The molecule has 3 rings (SSSR count). The summed E-state index contributed by atoms with van der Waals surface area (Å²) in [5, 5.41) is 3.08. The Balaban J connectivity index is 2.20. The van der Waals surface area contributed by atoms with Gasteiger partial charge in [0.15, 0.2) is 0 Å². The summed E-state index contributed by atoms with van der Waals surface area (Å²) in [5.41, 5.74) is 2.73. The van der Waals surface area contributed by atoms with Gasteiger partial charge in [-0.2, -0.15) is 0 Å². The molecule has 34 heavy (non-hydrogen) atoms. The second kappa shape index (κ2) is 9.84. The predicted octanol–water partition coefficient (Wildman–Crippen LogP) is 6.67. The zero-order chi connectivity index (χ0) is 25.4. The predicted molar refractivity (Wildman–Crippen MR) is 137 cm³/mol. The van der Waals surface area contributed by atoms with Gasteiger partial charge in [0.25, 0.3) is 0 Å². The third kappa shape index (κ3) is 4.81. The third-order valence-electron chi connectivity index (χ3n) is 6.49. The van der Waals surface area contributed by atoms with Gasteiger partial charge in [0, 0.05) is 24.4 Å². The molecule has 7 heteroatoms. The zero-order valence-corrected chi connectivity index (χ0v) is 22.7. The molecule has 1 fully saturated rings. The number of nitrogens with zero attached hydrogens (tertiary/aromatic N) is 1. The van der Waals surface area contributed by atoms with Crippen molar-refractivity contribution in [2.75, 3.05) is 13.1 Å². The van der Waals surface area contributed by atoms with E-state index in [1.165, 1.54) is 0 Å². The molecule has 1 aromatic carbocycles. The molecule has 1 N–H and O–H groups in total. The van der Waals surface area contributed by atoms with Crippen LogP contribution < -0.4 is 5.32 Å². The van der Waals surface area contributed by atoms with E-state index in [4.69, 9.17) is 4.74 Å². The monoisotopic (exact) mass is 534 g/mol. The lowest BCUT2D eigenvalue weighted by atomic mass is 9.74. The largest absolute Gasteiger partial charge is 0.444 e. The molecule has 1 atom stereocenters. The van der Waals surface area contributed by atoms with Gasteiger partial charge in [-0.15, -0.1) is 0 Å². The maximum Gasteiger partial charge on any atom is 0.410 e. The van der Waals surface area contributed by atoms with Crippen molar-refractivity contribution in [1.29, 1.82) is 0 Å². The first-order valence-electron chi connectivity index (χ1n) is 12.1. The summed E-state index contributed by atoms with van der Waals surface area (Å²) >= 11 is 3.39. The van der Waals surface area contributed by atoms with Crippen molar-refractivity contribution in [3.8, 4) is 0 Å². The molecular formula is C27H36BrFN2O3. The van der Waals surface area contributed by atoms with Gasteiger partial charge in [-0.3, -0.25) is 4.79 Å². The molecule has 1 unspecified atom stereocenters. The number of hydrogen-bond acceptors (Lipinski definition) is 3. The van der Waals surface area contributed by atoms with Gasteiger partial charge in [-0.1, -0.05) is 39.3 Å². The van der Waals surface area contributed by atoms with Crippen molar-refractivity contribution < 1.29 is 18.7 Å². The van der Waals surface area contributed by atoms with E-state index in [0.717, 1.165) is 35.1 Å². The number of hydrogen-bond donors (Lipinski definition) is 1. The van der Waals surface area contributed by atoms with Crippen LogP contribution >= 0.6 is 15.9 Å². The molecule has 2 aliphatic heterocycles. The summed E-state index contributed by atoms with van der Waals surface area (Å²) in [6, 6.07) is 1.96. The maximum atomic E-state index is 15.5. The van der Waals surface area contributed by atoms with Crippen molar-refractivity contribution >= 4 is 33.5 Å². The number of halogens is 2. The number of allylic oxidation sites excluding steroid dienone is 1. The summed E-state index contributed by atoms with van der Waals surface area (Å²) in [6.45, 7) is 16.2. The molecule has 0 bridgehead atoms. The van der Waals surface area contributed by atoms with Gasteiger partial charge < -0.3 is 15.0 Å². The lowest BCUT2D eigenvalue weighted by Crippen LogP contribution is -2.40. The van der Waals surface area contributed by atoms with Crippen LogP contribution in [-0.4, -0.2) is 35.6 Å². The van der Waals surface area contributed by atoms with Crippen LogP contribution in [0.4, 0.5) is 9.18 Å². The molecule has 5 nitrogen and oxygen atoms in total. The number of aryl methyl sites for hydroxylation is 1. The number of carbonyl (C=O) groups excluding carboxylic acids is 2. The van der Waals surface area contributed by atoms with Gasteiger partial charge in [-0.25, -0.2) is 9.18 Å². The Morgan fingerprint density at radius 1 is 1.32 bits per heavy atom. The molecule has 1 saturated heterocycles. The molecule has 0 radical (unpaired) electrons. The fourth-order valence-corrected chi connectivity index (χ4v) is 5.28. The Kier molecular flexibility index (Phi) is 7.66. The summed E-state index contributed by atoms with van der Waals surface area (Å²) in [6.07, 6.45) is 2.89. The van der Waals surface area contributed by atoms with Crippen molar-refractivity contribution in [2.45, 2.75) is 79.2 Å². The van der Waals surface area contributed by atoms with Crippen LogP contribution in [-0.2, 0) is 16.0 Å². The highest BCUT2D eigenvalue weighted by Crippen LogP contribution is 2.51. The van der Waals surface area contributed by atoms with Crippen molar-refractivity contribution in [3.05, 3.63) is 50.9 Å². The van der Waals surface area contributed by atoms with E-state index in [1.54, 1.807) is 4.90 Å².